The summed E-state index contributed by atoms with van der Waals surface area (Å²) in [5, 5.41) is 10.6. The number of ketones is 1. The van der Waals surface area contributed by atoms with Gasteiger partial charge in [-0.05, 0) is 25.0 Å². The normalized spacial score (nSPS) is 19.5. The number of hydrogen-bond donors (Lipinski definition) is 1. The largest absolute Gasteiger partial charge is 0.503 e. The van der Waals surface area contributed by atoms with Gasteiger partial charge in [-0.2, -0.15) is 0 Å². The van der Waals surface area contributed by atoms with Crippen molar-refractivity contribution >= 4 is 17.4 Å². The first-order chi connectivity index (χ1) is 14.6. The average Bonchev–Trinajstić information content (AvgIpc) is 3.04. The minimum atomic E-state index is -0.599. The lowest BCUT2D eigenvalue weighted by atomic mass is 9.94. The number of Topliss-reactive ketones (excluding diaryl/α,β-unsaturated/α-hetero) is 1. The molecule has 0 spiro atoms. The molecule has 0 radical (unpaired) electrons. The molecular formula is C24H26N2O4. The van der Waals surface area contributed by atoms with Crippen molar-refractivity contribution in [2.75, 3.05) is 37.7 Å². The Bertz CT molecular complexity index is 964. The van der Waals surface area contributed by atoms with Gasteiger partial charge in [0.2, 0.25) is 0 Å². The van der Waals surface area contributed by atoms with E-state index in [4.69, 9.17) is 4.74 Å². The number of hydrogen-bond acceptors (Lipinski definition) is 5. The van der Waals surface area contributed by atoms with Crippen LogP contribution in [0, 0.1) is 0 Å². The van der Waals surface area contributed by atoms with Crippen molar-refractivity contribution in [2.45, 2.75) is 19.4 Å². The molecular weight excluding hydrogens is 380 g/mol. The molecule has 2 aliphatic heterocycles. The Morgan fingerprint density at radius 1 is 1.07 bits per heavy atom. The molecule has 2 aromatic carbocycles. The van der Waals surface area contributed by atoms with E-state index in [2.05, 4.69) is 4.90 Å². The lowest BCUT2D eigenvalue weighted by molar-refractivity contribution is -0.129. The molecule has 1 atom stereocenters. The topological polar surface area (TPSA) is 70.1 Å². The van der Waals surface area contributed by atoms with Gasteiger partial charge in [0.05, 0.1) is 24.8 Å². The minimum absolute atomic E-state index is 0.175. The van der Waals surface area contributed by atoms with E-state index in [1.807, 2.05) is 54.6 Å². The zero-order valence-corrected chi connectivity index (χ0v) is 17.1. The van der Waals surface area contributed by atoms with E-state index >= 15 is 0 Å². The molecule has 0 bridgehead atoms. The first kappa shape index (κ1) is 20.2. The van der Waals surface area contributed by atoms with Crippen molar-refractivity contribution < 1.29 is 19.4 Å². The molecule has 2 aliphatic rings. The number of carbonyl (C=O) groups is 2. The van der Waals surface area contributed by atoms with Gasteiger partial charge in [0.15, 0.2) is 11.5 Å². The Morgan fingerprint density at radius 3 is 2.43 bits per heavy atom. The second kappa shape index (κ2) is 8.71. The maximum absolute atomic E-state index is 12.9. The average molecular weight is 406 g/mol. The Kier molecular flexibility index (Phi) is 5.86. The Balaban J connectivity index is 1.72. The maximum atomic E-state index is 12.9. The number of anilines is 1. The Morgan fingerprint density at radius 2 is 1.73 bits per heavy atom. The fourth-order valence-corrected chi connectivity index (χ4v) is 4.27. The number of aliphatic hydroxyl groups is 1. The van der Waals surface area contributed by atoms with Gasteiger partial charge in [-0.15, -0.1) is 0 Å². The van der Waals surface area contributed by atoms with Crippen LogP contribution in [0.4, 0.5) is 5.69 Å². The highest BCUT2D eigenvalue weighted by molar-refractivity contribution is 6.08. The number of carbonyl (C=O) groups excluding carboxylic acids is 2. The number of amides is 1. The highest BCUT2D eigenvalue weighted by atomic mass is 16.5. The van der Waals surface area contributed by atoms with Crippen LogP contribution in [0.3, 0.4) is 0 Å². The molecule has 156 valence electrons. The van der Waals surface area contributed by atoms with E-state index in [-0.39, 0.29) is 11.4 Å². The van der Waals surface area contributed by atoms with Crippen molar-refractivity contribution in [1.82, 2.24) is 4.90 Å². The van der Waals surface area contributed by atoms with Crippen LogP contribution in [-0.2, 0) is 20.7 Å². The summed E-state index contributed by atoms with van der Waals surface area (Å²) in [6.07, 6.45) is 0.640. The molecule has 4 rings (SSSR count). The zero-order valence-electron chi connectivity index (χ0n) is 17.1. The molecule has 30 heavy (non-hydrogen) atoms. The molecule has 0 saturated carbocycles. The Labute approximate surface area is 176 Å². The van der Waals surface area contributed by atoms with Gasteiger partial charge >= 0.3 is 0 Å². The van der Waals surface area contributed by atoms with Crippen molar-refractivity contribution in [3.05, 3.63) is 77.1 Å². The predicted molar refractivity (Wildman–Crippen MR) is 114 cm³/mol. The standard InChI is InChI=1S/C24H26N2O4/c1-17(27)21-22(19-9-5-6-10-20(19)25-13-15-30-16-14-25)26(24(29)23(21)28)12-11-18-7-3-2-4-8-18/h2-10,22,28H,11-16H2,1H3. The summed E-state index contributed by atoms with van der Waals surface area (Å²) in [5.74, 6) is -1.21. The van der Waals surface area contributed by atoms with Crippen LogP contribution in [0.25, 0.3) is 0 Å². The molecule has 1 N–H and O–H groups in total. The van der Waals surface area contributed by atoms with E-state index < -0.39 is 17.7 Å². The molecule has 1 saturated heterocycles. The van der Waals surface area contributed by atoms with Gasteiger partial charge in [0.1, 0.15) is 0 Å². The zero-order chi connectivity index (χ0) is 21.1. The monoisotopic (exact) mass is 406 g/mol. The second-order valence-electron chi connectivity index (χ2n) is 7.61. The van der Waals surface area contributed by atoms with Crippen LogP contribution >= 0.6 is 0 Å². The number of benzene rings is 2. The van der Waals surface area contributed by atoms with Crippen molar-refractivity contribution in [3.63, 3.8) is 0 Å². The predicted octanol–water partition coefficient (Wildman–Crippen LogP) is 3.05. The van der Waals surface area contributed by atoms with Crippen LogP contribution < -0.4 is 4.90 Å². The van der Waals surface area contributed by atoms with Crippen LogP contribution in [0.2, 0.25) is 0 Å². The van der Waals surface area contributed by atoms with Crippen LogP contribution in [-0.4, -0.2) is 54.5 Å². The molecule has 6 heteroatoms. The van der Waals surface area contributed by atoms with Crippen molar-refractivity contribution in [2.24, 2.45) is 0 Å². The fraction of sp³-hybridized carbons (Fsp3) is 0.333. The molecule has 0 aliphatic carbocycles. The molecule has 1 amide bonds. The summed E-state index contributed by atoms with van der Waals surface area (Å²) in [4.78, 5) is 29.2. The van der Waals surface area contributed by atoms with Gasteiger partial charge in [-0.3, -0.25) is 9.59 Å². The van der Waals surface area contributed by atoms with Gasteiger partial charge in [-0.25, -0.2) is 0 Å². The summed E-state index contributed by atoms with van der Waals surface area (Å²) in [7, 11) is 0. The molecule has 2 aromatic rings. The van der Waals surface area contributed by atoms with Crippen LogP contribution in [0.15, 0.2) is 65.9 Å². The lowest BCUT2D eigenvalue weighted by Crippen LogP contribution is -2.38. The summed E-state index contributed by atoms with van der Waals surface area (Å²) in [6.45, 7) is 4.57. The summed E-state index contributed by atoms with van der Waals surface area (Å²) >= 11 is 0. The van der Waals surface area contributed by atoms with E-state index in [0.717, 1.165) is 29.9 Å². The number of ether oxygens (including phenoxy) is 1. The van der Waals surface area contributed by atoms with Crippen LogP contribution in [0.5, 0.6) is 0 Å². The fourth-order valence-electron chi connectivity index (χ4n) is 4.27. The van der Waals surface area contributed by atoms with E-state index in [1.165, 1.54) is 6.92 Å². The molecule has 0 aromatic heterocycles. The SMILES string of the molecule is CC(=O)C1=C(O)C(=O)N(CCc2ccccc2)C1c1ccccc1N1CCOCC1. The quantitative estimate of drug-likeness (QED) is 0.799. The van der Waals surface area contributed by atoms with E-state index in [9.17, 15) is 14.7 Å². The maximum Gasteiger partial charge on any atom is 0.290 e. The number of morpholine rings is 1. The molecule has 1 fully saturated rings. The third kappa shape index (κ3) is 3.83. The Hall–Kier alpha value is -3.12. The van der Waals surface area contributed by atoms with E-state index in [1.54, 1.807) is 4.90 Å². The first-order valence-corrected chi connectivity index (χ1v) is 10.3. The van der Waals surface area contributed by atoms with E-state index in [0.29, 0.717) is 26.2 Å². The highest BCUT2D eigenvalue weighted by Gasteiger charge is 2.43. The molecule has 1 unspecified atom stereocenters. The lowest BCUT2D eigenvalue weighted by Gasteiger charge is -2.34. The van der Waals surface area contributed by atoms with Gasteiger partial charge in [-0.1, -0.05) is 48.5 Å². The minimum Gasteiger partial charge on any atom is -0.503 e. The number of nitrogens with zero attached hydrogens (tertiary/aromatic N) is 2. The molecule has 2 heterocycles. The number of aliphatic hydroxyl groups excluding tert-OH is 1. The number of rotatable bonds is 6. The number of para-hydroxylation sites is 1. The summed E-state index contributed by atoms with van der Waals surface area (Å²) in [5.41, 5.74) is 3.10. The smallest absolute Gasteiger partial charge is 0.290 e. The highest BCUT2D eigenvalue weighted by Crippen LogP contribution is 2.41. The van der Waals surface area contributed by atoms with Gasteiger partial charge < -0.3 is 19.6 Å². The third-order valence-corrected chi connectivity index (χ3v) is 5.75. The third-order valence-electron chi connectivity index (χ3n) is 5.75. The van der Waals surface area contributed by atoms with Gasteiger partial charge in [0, 0.05) is 30.9 Å². The first-order valence-electron chi connectivity index (χ1n) is 10.3. The van der Waals surface area contributed by atoms with Crippen molar-refractivity contribution in [1.29, 1.82) is 0 Å². The second-order valence-corrected chi connectivity index (χ2v) is 7.61. The van der Waals surface area contributed by atoms with Crippen molar-refractivity contribution in [3.8, 4) is 0 Å². The molecule has 6 nitrogen and oxygen atoms in total. The summed E-state index contributed by atoms with van der Waals surface area (Å²) in [6, 6.07) is 17.1. The van der Waals surface area contributed by atoms with Gasteiger partial charge in [0.25, 0.3) is 5.91 Å². The van der Waals surface area contributed by atoms with Crippen LogP contribution in [0.1, 0.15) is 24.1 Å². The summed E-state index contributed by atoms with van der Waals surface area (Å²) < 4.78 is 5.48.